The minimum atomic E-state index is -0.209. The van der Waals surface area contributed by atoms with Crippen LogP contribution in [-0.4, -0.2) is 29.0 Å². The SMILES string of the molecule is Cc1cc(CC2CCN(C(=O)c3ccc(CO)o3)C2)ccc1F. The molecule has 1 aromatic heterocycles. The van der Waals surface area contributed by atoms with E-state index in [9.17, 15) is 9.18 Å². The molecule has 1 fully saturated rings. The number of aliphatic hydroxyl groups excluding tert-OH is 1. The number of rotatable bonds is 4. The summed E-state index contributed by atoms with van der Waals surface area (Å²) in [5.74, 6) is 0.714. The number of furan rings is 1. The summed E-state index contributed by atoms with van der Waals surface area (Å²) >= 11 is 0. The van der Waals surface area contributed by atoms with Crippen LogP contribution >= 0.6 is 0 Å². The minimum Gasteiger partial charge on any atom is -0.453 e. The molecule has 1 atom stereocenters. The molecular formula is C18H20FNO3. The van der Waals surface area contributed by atoms with Crippen LogP contribution in [0.5, 0.6) is 0 Å². The summed E-state index contributed by atoms with van der Waals surface area (Å²) < 4.78 is 18.6. The molecule has 4 nitrogen and oxygen atoms in total. The first kappa shape index (κ1) is 15.7. The van der Waals surface area contributed by atoms with Crippen molar-refractivity contribution in [3.05, 3.63) is 58.8 Å². The predicted octanol–water partition coefficient (Wildman–Crippen LogP) is 2.92. The van der Waals surface area contributed by atoms with E-state index in [1.807, 2.05) is 12.1 Å². The van der Waals surface area contributed by atoms with Crippen LogP contribution in [0.15, 0.2) is 34.7 Å². The number of amides is 1. The van der Waals surface area contributed by atoms with E-state index in [0.717, 1.165) is 18.4 Å². The highest BCUT2D eigenvalue weighted by Crippen LogP contribution is 2.24. The number of likely N-dealkylation sites (tertiary alicyclic amines) is 1. The lowest BCUT2D eigenvalue weighted by molar-refractivity contribution is 0.0750. The van der Waals surface area contributed by atoms with Gasteiger partial charge in [0.1, 0.15) is 18.2 Å². The highest BCUT2D eigenvalue weighted by atomic mass is 19.1. The van der Waals surface area contributed by atoms with Crippen molar-refractivity contribution in [2.24, 2.45) is 5.92 Å². The molecule has 2 heterocycles. The second kappa shape index (κ2) is 6.54. The van der Waals surface area contributed by atoms with Crippen molar-refractivity contribution in [3.8, 4) is 0 Å². The van der Waals surface area contributed by atoms with Gasteiger partial charge < -0.3 is 14.4 Å². The molecule has 0 radical (unpaired) electrons. The van der Waals surface area contributed by atoms with Crippen LogP contribution in [0.1, 0.15) is 33.9 Å². The lowest BCUT2D eigenvalue weighted by Gasteiger charge is -2.15. The van der Waals surface area contributed by atoms with Crippen molar-refractivity contribution in [2.75, 3.05) is 13.1 Å². The van der Waals surface area contributed by atoms with Crippen molar-refractivity contribution >= 4 is 5.91 Å². The van der Waals surface area contributed by atoms with Crippen molar-refractivity contribution in [1.82, 2.24) is 4.90 Å². The van der Waals surface area contributed by atoms with Gasteiger partial charge in [0, 0.05) is 13.1 Å². The maximum atomic E-state index is 13.3. The zero-order valence-electron chi connectivity index (χ0n) is 13.1. The molecule has 1 aromatic carbocycles. The quantitative estimate of drug-likeness (QED) is 0.943. The van der Waals surface area contributed by atoms with E-state index in [0.29, 0.717) is 30.3 Å². The fraction of sp³-hybridized carbons (Fsp3) is 0.389. The largest absolute Gasteiger partial charge is 0.453 e. The Morgan fingerprint density at radius 2 is 2.22 bits per heavy atom. The third kappa shape index (κ3) is 3.45. The Bertz CT molecular complexity index is 710. The molecule has 0 aliphatic carbocycles. The topological polar surface area (TPSA) is 53.7 Å². The van der Waals surface area contributed by atoms with Crippen molar-refractivity contribution in [1.29, 1.82) is 0 Å². The summed E-state index contributed by atoms with van der Waals surface area (Å²) in [4.78, 5) is 14.2. The Hall–Kier alpha value is -2.14. The highest BCUT2D eigenvalue weighted by Gasteiger charge is 2.28. The average molecular weight is 317 g/mol. The fourth-order valence-corrected chi connectivity index (χ4v) is 3.08. The Kier molecular flexibility index (Phi) is 4.48. The maximum Gasteiger partial charge on any atom is 0.289 e. The summed E-state index contributed by atoms with van der Waals surface area (Å²) in [6, 6.07) is 8.40. The van der Waals surface area contributed by atoms with E-state index in [4.69, 9.17) is 9.52 Å². The lowest BCUT2D eigenvalue weighted by Crippen LogP contribution is -2.28. The first-order valence-electron chi connectivity index (χ1n) is 7.80. The highest BCUT2D eigenvalue weighted by molar-refractivity contribution is 5.91. The van der Waals surface area contributed by atoms with E-state index >= 15 is 0 Å². The number of aryl methyl sites for hydroxylation is 1. The number of carbonyl (C=O) groups is 1. The van der Waals surface area contributed by atoms with Crippen LogP contribution in [0.3, 0.4) is 0 Å². The molecule has 1 aliphatic heterocycles. The molecule has 0 saturated carbocycles. The number of aliphatic hydroxyl groups is 1. The zero-order valence-corrected chi connectivity index (χ0v) is 13.1. The van der Waals surface area contributed by atoms with E-state index in [-0.39, 0.29) is 24.1 Å². The van der Waals surface area contributed by atoms with Gasteiger partial charge in [0.05, 0.1) is 0 Å². The number of halogens is 1. The predicted molar refractivity (Wildman–Crippen MR) is 83.5 cm³/mol. The third-order valence-electron chi connectivity index (χ3n) is 4.35. The van der Waals surface area contributed by atoms with E-state index in [1.165, 1.54) is 6.07 Å². The summed E-state index contributed by atoms with van der Waals surface area (Å²) in [5.41, 5.74) is 1.75. The van der Waals surface area contributed by atoms with Gasteiger partial charge in [-0.2, -0.15) is 0 Å². The van der Waals surface area contributed by atoms with Gasteiger partial charge in [0.15, 0.2) is 5.76 Å². The number of nitrogens with zero attached hydrogens (tertiary/aromatic N) is 1. The minimum absolute atomic E-state index is 0.137. The maximum absolute atomic E-state index is 13.3. The summed E-state index contributed by atoms with van der Waals surface area (Å²) in [6.45, 7) is 2.92. The number of benzene rings is 1. The molecule has 1 saturated heterocycles. The second-order valence-electron chi connectivity index (χ2n) is 6.12. The van der Waals surface area contributed by atoms with Crippen LogP contribution in [0.4, 0.5) is 4.39 Å². The molecule has 1 unspecified atom stereocenters. The van der Waals surface area contributed by atoms with Crippen LogP contribution < -0.4 is 0 Å². The molecule has 2 aromatic rings. The van der Waals surface area contributed by atoms with Gasteiger partial charge in [-0.25, -0.2) is 4.39 Å². The summed E-state index contributed by atoms with van der Waals surface area (Å²) in [6.07, 6.45) is 1.76. The molecule has 1 amide bonds. The normalized spacial score (nSPS) is 17.7. The van der Waals surface area contributed by atoms with Crippen LogP contribution in [-0.2, 0) is 13.0 Å². The average Bonchev–Trinajstić information content (AvgIpc) is 3.19. The van der Waals surface area contributed by atoms with Gasteiger partial charge >= 0.3 is 0 Å². The van der Waals surface area contributed by atoms with Crippen molar-refractivity contribution in [3.63, 3.8) is 0 Å². The Labute approximate surface area is 134 Å². The van der Waals surface area contributed by atoms with Crippen LogP contribution in [0.2, 0.25) is 0 Å². The van der Waals surface area contributed by atoms with E-state index < -0.39 is 0 Å². The monoisotopic (exact) mass is 317 g/mol. The van der Waals surface area contributed by atoms with E-state index in [2.05, 4.69) is 0 Å². The Morgan fingerprint density at radius 3 is 2.91 bits per heavy atom. The van der Waals surface area contributed by atoms with Gasteiger partial charge in [0.25, 0.3) is 5.91 Å². The Balaban J connectivity index is 1.61. The number of carbonyl (C=O) groups excluding carboxylic acids is 1. The molecule has 23 heavy (non-hydrogen) atoms. The van der Waals surface area contributed by atoms with Crippen LogP contribution in [0.25, 0.3) is 0 Å². The molecule has 0 spiro atoms. The second-order valence-corrected chi connectivity index (χ2v) is 6.12. The van der Waals surface area contributed by atoms with Gasteiger partial charge in [-0.15, -0.1) is 0 Å². The standard InChI is InChI=1S/C18H20FNO3/c1-12-8-13(2-4-16(12)19)9-14-6-7-20(10-14)18(22)17-5-3-15(11-21)23-17/h2-5,8,14,21H,6-7,9-11H2,1H3. The van der Waals surface area contributed by atoms with Gasteiger partial charge in [0.2, 0.25) is 0 Å². The van der Waals surface area contributed by atoms with Gasteiger partial charge in [-0.1, -0.05) is 12.1 Å². The molecule has 1 aliphatic rings. The molecule has 3 rings (SSSR count). The van der Waals surface area contributed by atoms with Crippen molar-refractivity contribution < 1.29 is 18.7 Å². The number of hydrogen-bond donors (Lipinski definition) is 1. The molecule has 1 N–H and O–H groups in total. The zero-order chi connectivity index (χ0) is 16.4. The molecule has 0 bridgehead atoms. The van der Waals surface area contributed by atoms with E-state index in [1.54, 1.807) is 24.0 Å². The summed E-state index contributed by atoms with van der Waals surface area (Å²) in [5, 5.41) is 9.00. The molecule has 5 heteroatoms. The number of hydrogen-bond acceptors (Lipinski definition) is 3. The first-order valence-corrected chi connectivity index (χ1v) is 7.80. The molecule has 122 valence electrons. The van der Waals surface area contributed by atoms with Gasteiger partial charge in [-0.3, -0.25) is 4.79 Å². The third-order valence-corrected chi connectivity index (χ3v) is 4.35. The lowest BCUT2D eigenvalue weighted by atomic mass is 9.97. The van der Waals surface area contributed by atoms with Crippen LogP contribution in [0, 0.1) is 18.7 Å². The summed E-state index contributed by atoms with van der Waals surface area (Å²) in [7, 11) is 0. The molecular weight excluding hydrogens is 297 g/mol. The Morgan fingerprint density at radius 1 is 1.39 bits per heavy atom. The van der Waals surface area contributed by atoms with Gasteiger partial charge in [-0.05, 0) is 55.0 Å². The first-order chi connectivity index (χ1) is 11.1. The smallest absolute Gasteiger partial charge is 0.289 e. The van der Waals surface area contributed by atoms with Crippen molar-refractivity contribution in [2.45, 2.75) is 26.4 Å². The fourth-order valence-electron chi connectivity index (χ4n) is 3.08.